The SMILES string of the molecule is CCCCc1cccn1CC.Cl. The molecule has 2 heteroatoms. The smallest absolute Gasteiger partial charge is 0.0193 e. The van der Waals surface area contributed by atoms with E-state index in [-0.39, 0.29) is 12.4 Å². The second kappa shape index (κ2) is 6.13. The fourth-order valence-corrected chi connectivity index (χ4v) is 1.34. The monoisotopic (exact) mass is 187 g/mol. The van der Waals surface area contributed by atoms with Crippen molar-refractivity contribution in [3.8, 4) is 0 Å². The van der Waals surface area contributed by atoms with Gasteiger partial charge in [0.05, 0.1) is 0 Å². The lowest BCUT2D eigenvalue weighted by atomic mass is 10.2. The summed E-state index contributed by atoms with van der Waals surface area (Å²) < 4.78 is 2.32. The van der Waals surface area contributed by atoms with Crippen LogP contribution in [0, 0.1) is 0 Å². The van der Waals surface area contributed by atoms with Gasteiger partial charge in [-0.1, -0.05) is 13.3 Å². The fraction of sp³-hybridized carbons (Fsp3) is 0.600. The fourth-order valence-electron chi connectivity index (χ4n) is 1.34. The number of aromatic nitrogens is 1. The van der Waals surface area contributed by atoms with Crippen LogP contribution in [0.25, 0.3) is 0 Å². The third kappa shape index (κ3) is 2.90. The Labute approximate surface area is 81.2 Å². The molecule has 1 heterocycles. The highest BCUT2D eigenvalue weighted by atomic mass is 35.5. The van der Waals surface area contributed by atoms with Gasteiger partial charge in [-0.15, -0.1) is 12.4 Å². The average molecular weight is 188 g/mol. The van der Waals surface area contributed by atoms with Crippen LogP contribution in [0.4, 0.5) is 0 Å². The quantitative estimate of drug-likeness (QED) is 0.682. The topological polar surface area (TPSA) is 4.93 Å². The number of halogens is 1. The van der Waals surface area contributed by atoms with Gasteiger partial charge in [0.25, 0.3) is 0 Å². The van der Waals surface area contributed by atoms with Gasteiger partial charge in [-0.2, -0.15) is 0 Å². The van der Waals surface area contributed by atoms with E-state index >= 15 is 0 Å². The predicted molar refractivity (Wildman–Crippen MR) is 56.0 cm³/mol. The minimum atomic E-state index is 0. The number of hydrogen-bond donors (Lipinski definition) is 0. The number of aryl methyl sites for hydroxylation is 2. The lowest BCUT2D eigenvalue weighted by Crippen LogP contribution is -1.98. The summed E-state index contributed by atoms with van der Waals surface area (Å²) in [7, 11) is 0. The standard InChI is InChI=1S/C10H17N.ClH/c1-3-5-7-10-8-6-9-11(10)4-2;/h6,8-9H,3-5,7H2,1-2H3;1H. The minimum Gasteiger partial charge on any atom is -0.352 e. The van der Waals surface area contributed by atoms with Crippen LogP contribution < -0.4 is 0 Å². The predicted octanol–water partition coefficient (Wildman–Crippen LogP) is 3.27. The molecular formula is C10H18ClN. The Morgan fingerprint density at radius 1 is 1.33 bits per heavy atom. The molecule has 70 valence electrons. The first-order chi connectivity index (χ1) is 5.38. The molecule has 12 heavy (non-hydrogen) atoms. The first-order valence-corrected chi connectivity index (χ1v) is 4.52. The summed E-state index contributed by atoms with van der Waals surface area (Å²) in [5, 5.41) is 0. The molecule has 0 N–H and O–H groups in total. The van der Waals surface area contributed by atoms with Gasteiger partial charge in [-0.25, -0.2) is 0 Å². The van der Waals surface area contributed by atoms with E-state index in [1.165, 1.54) is 25.0 Å². The van der Waals surface area contributed by atoms with Crippen molar-refractivity contribution >= 4 is 12.4 Å². The molecule has 0 bridgehead atoms. The molecule has 0 saturated heterocycles. The molecule has 0 aliphatic carbocycles. The molecule has 0 saturated carbocycles. The van der Waals surface area contributed by atoms with E-state index in [4.69, 9.17) is 0 Å². The summed E-state index contributed by atoms with van der Waals surface area (Å²) in [6, 6.07) is 4.35. The van der Waals surface area contributed by atoms with E-state index in [2.05, 4.69) is 36.7 Å². The average Bonchev–Trinajstić information content (AvgIpc) is 2.47. The van der Waals surface area contributed by atoms with Crippen molar-refractivity contribution in [2.45, 2.75) is 39.7 Å². The number of rotatable bonds is 4. The van der Waals surface area contributed by atoms with Gasteiger partial charge in [-0.3, -0.25) is 0 Å². The van der Waals surface area contributed by atoms with E-state index in [1.54, 1.807) is 0 Å². The second-order valence-electron chi connectivity index (χ2n) is 2.89. The summed E-state index contributed by atoms with van der Waals surface area (Å²) in [6.45, 7) is 5.53. The number of hydrogen-bond acceptors (Lipinski definition) is 0. The summed E-state index contributed by atoms with van der Waals surface area (Å²) >= 11 is 0. The summed E-state index contributed by atoms with van der Waals surface area (Å²) in [4.78, 5) is 0. The summed E-state index contributed by atoms with van der Waals surface area (Å²) in [5.41, 5.74) is 1.48. The Balaban J connectivity index is 0.00000121. The Morgan fingerprint density at radius 2 is 2.08 bits per heavy atom. The molecule has 0 unspecified atom stereocenters. The van der Waals surface area contributed by atoms with Crippen molar-refractivity contribution in [2.75, 3.05) is 0 Å². The highest BCUT2D eigenvalue weighted by Crippen LogP contribution is 2.06. The minimum absolute atomic E-state index is 0. The molecule has 0 fully saturated rings. The molecule has 0 atom stereocenters. The van der Waals surface area contributed by atoms with E-state index in [0.717, 1.165) is 6.54 Å². The number of nitrogens with zero attached hydrogens (tertiary/aromatic N) is 1. The maximum Gasteiger partial charge on any atom is 0.0193 e. The van der Waals surface area contributed by atoms with Crippen LogP contribution in [0.3, 0.4) is 0 Å². The molecule has 1 nitrogen and oxygen atoms in total. The van der Waals surface area contributed by atoms with Gasteiger partial charge in [0.2, 0.25) is 0 Å². The van der Waals surface area contributed by atoms with Crippen molar-refractivity contribution in [1.29, 1.82) is 0 Å². The highest BCUT2D eigenvalue weighted by molar-refractivity contribution is 5.85. The molecule has 1 aromatic heterocycles. The van der Waals surface area contributed by atoms with Crippen molar-refractivity contribution in [3.05, 3.63) is 24.0 Å². The van der Waals surface area contributed by atoms with Gasteiger partial charge >= 0.3 is 0 Å². The Bertz CT molecular complexity index is 205. The third-order valence-electron chi connectivity index (χ3n) is 2.05. The van der Waals surface area contributed by atoms with Gasteiger partial charge < -0.3 is 4.57 Å². The maximum atomic E-state index is 2.32. The second-order valence-corrected chi connectivity index (χ2v) is 2.89. The number of unbranched alkanes of at least 4 members (excludes halogenated alkanes) is 1. The molecule has 0 amide bonds. The molecule has 0 radical (unpaired) electrons. The lowest BCUT2D eigenvalue weighted by molar-refractivity contribution is 0.680. The molecule has 0 spiro atoms. The van der Waals surface area contributed by atoms with Crippen molar-refractivity contribution in [3.63, 3.8) is 0 Å². The highest BCUT2D eigenvalue weighted by Gasteiger charge is 1.96. The third-order valence-corrected chi connectivity index (χ3v) is 2.05. The molecule has 0 aliphatic heterocycles. The largest absolute Gasteiger partial charge is 0.352 e. The van der Waals surface area contributed by atoms with Crippen LogP contribution in [-0.4, -0.2) is 4.57 Å². The first kappa shape index (κ1) is 11.6. The molecule has 0 aromatic carbocycles. The van der Waals surface area contributed by atoms with E-state index in [9.17, 15) is 0 Å². The van der Waals surface area contributed by atoms with Gasteiger partial charge in [0.15, 0.2) is 0 Å². The van der Waals surface area contributed by atoms with Crippen LogP contribution in [0.5, 0.6) is 0 Å². The summed E-state index contributed by atoms with van der Waals surface area (Å²) in [6.07, 6.45) is 5.99. The molecule has 1 aromatic rings. The molecule has 1 rings (SSSR count). The van der Waals surface area contributed by atoms with Crippen molar-refractivity contribution in [1.82, 2.24) is 4.57 Å². The maximum absolute atomic E-state index is 2.32. The van der Waals surface area contributed by atoms with Gasteiger partial charge in [0, 0.05) is 18.4 Å². The van der Waals surface area contributed by atoms with Crippen LogP contribution >= 0.6 is 12.4 Å². The van der Waals surface area contributed by atoms with E-state index in [1.807, 2.05) is 0 Å². The van der Waals surface area contributed by atoms with Crippen molar-refractivity contribution < 1.29 is 0 Å². The normalized spacial score (nSPS) is 9.50. The zero-order valence-electron chi connectivity index (χ0n) is 7.92. The van der Waals surface area contributed by atoms with Gasteiger partial charge in [-0.05, 0) is 31.9 Å². The lowest BCUT2D eigenvalue weighted by Gasteiger charge is -2.04. The van der Waals surface area contributed by atoms with Gasteiger partial charge in [0.1, 0.15) is 0 Å². The Hall–Kier alpha value is -0.430. The van der Waals surface area contributed by atoms with E-state index < -0.39 is 0 Å². The van der Waals surface area contributed by atoms with Crippen LogP contribution in [0.2, 0.25) is 0 Å². The van der Waals surface area contributed by atoms with Crippen LogP contribution in [0.15, 0.2) is 18.3 Å². The van der Waals surface area contributed by atoms with Crippen LogP contribution in [-0.2, 0) is 13.0 Å². The zero-order valence-corrected chi connectivity index (χ0v) is 8.73. The Morgan fingerprint density at radius 3 is 2.67 bits per heavy atom. The van der Waals surface area contributed by atoms with Crippen molar-refractivity contribution in [2.24, 2.45) is 0 Å². The zero-order chi connectivity index (χ0) is 8.10. The van der Waals surface area contributed by atoms with Crippen LogP contribution in [0.1, 0.15) is 32.4 Å². The summed E-state index contributed by atoms with van der Waals surface area (Å²) in [5.74, 6) is 0. The molecular weight excluding hydrogens is 170 g/mol. The Kier molecular flexibility index (Phi) is 5.91. The first-order valence-electron chi connectivity index (χ1n) is 4.52. The van der Waals surface area contributed by atoms with E-state index in [0.29, 0.717) is 0 Å². The molecule has 0 aliphatic rings.